The number of halogens is 2. The van der Waals surface area contributed by atoms with E-state index in [9.17, 15) is 4.79 Å². The van der Waals surface area contributed by atoms with Gasteiger partial charge >= 0.3 is 6.09 Å². The molecule has 1 atom stereocenters. The molecule has 0 bridgehead atoms. The van der Waals surface area contributed by atoms with Gasteiger partial charge < -0.3 is 15.4 Å². The lowest BCUT2D eigenvalue weighted by Gasteiger charge is -2.38. The molecule has 0 radical (unpaired) electrons. The van der Waals surface area contributed by atoms with Crippen LogP contribution in [-0.4, -0.2) is 32.8 Å². The fraction of sp³-hybridized carbons (Fsp3) is 0.533. The van der Waals surface area contributed by atoms with Crippen LogP contribution in [0, 0.1) is 0 Å². The topological polar surface area (TPSA) is 50.4 Å². The number of benzene rings is 1. The van der Waals surface area contributed by atoms with Gasteiger partial charge in [-0.3, -0.25) is 0 Å². The Hall–Kier alpha value is -0.970. The van der Waals surface area contributed by atoms with Crippen LogP contribution < -0.4 is 10.6 Å². The van der Waals surface area contributed by atoms with Crippen molar-refractivity contribution in [1.29, 1.82) is 0 Å². The lowest BCUT2D eigenvalue weighted by Crippen LogP contribution is -2.45. The molecule has 2 rings (SSSR count). The van der Waals surface area contributed by atoms with Crippen LogP contribution in [0.25, 0.3) is 0 Å². The van der Waals surface area contributed by atoms with Crippen LogP contribution in [-0.2, 0) is 10.2 Å². The lowest BCUT2D eigenvalue weighted by molar-refractivity contribution is 0.169. The second-order valence-electron chi connectivity index (χ2n) is 5.36. The predicted molar refractivity (Wildman–Crippen MR) is 85.3 cm³/mol. The van der Waals surface area contributed by atoms with Crippen molar-refractivity contribution in [3.63, 3.8) is 0 Å². The van der Waals surface area contributed by atoms with Crippen LogP contribution in [0.1, 0.15) is 24.8 Å². The van der Waals surface area contributed by atoms with Gasteiger partial charge in [-0.25, -0.2) is 4.79 Å². The molecule has 0 aliphatic carbocycles. The molecule has 1 saturated heterocycles. The highest BCUT2D eigenvalue weighted by Gasteiger charge is 2.34. The summed E-state index contributed by atoms with van der Waals surface area (Å²) in [5.41, 5.74) is 1.13. The minimum Gasteiger partial charge on any atom is -0.453 e. The molecule has 6 heteroatoms. The van der Waals surface area contributed by atoms with E-state index in [0.29, 0.717) is 16.6 Å². The summed E-state index contributed by atoms with van der Waals surface area (Å²) in [6.07, 6.45) is 2.58. The molecule has 1 aliphatic heterocycles. The quantitative estimate of drug-likeness (QED) is 0.889. The van der Waals surface area contributed by atoms with Crippen molar-refractivity contribution < 1.29 is 9.53 Å². The van der Waals surface area contributed by atoms with Gasteiger partial charge in [-0.05, 0) is 43.5 Å². The fourth-order valence-corrected chi connectivity index (χ4v) is 3.17. The number of alkyl carbamates (subject to hydrolysis) is 1. The highest BCUT2D eigenvalue weighted by molar-refractivity contribution is 6.42. The number of methoxy groups -OCH3 is 1. The molecule has 2 N–H and O–H groups in total. The SMILES string of the molecule is COC(=O)NCCC1(c2ccc(Cl)c(Cl)c2)CCCNC1. The number of piperidine rings is 1. The Morgan fingerprint density at radius 1 is 1.43 bits per heavy atom. The van der Waals surface area contributed by atoms with Crippen molar-refractivity contribution in [2.45, 2.75) is 24.7 Å². The summed E-state index contributed by atoms with van der Waals surface area (Å²) in [6, 6.07) is 5.80. The van der Waals surface area contributed by atoms with Crippen molar-refractivity contribution in [3.8, 4) is 0 Å². The smallest absolute Gasteiger partial charge is 0.406 e. The Bertz CT molecular complexity index is 502. The number of amides is 1. The van der Waals surface area contributed by atoms with Gasteiger partial charge in [0, 0.05) is 18.5 Å². The summed E-state index contributed by atoms with van der Waals surface area (Å²) >= 11 is 12.2. The van der Waals surface area contributed by atoms with Gasteiger partial charge in [-0.2, -0.15) is 0 Å². The lowest BCUT2D eigenvalue weighted by atomic mass is 9.72. The third-order valence-corrected chi connectivity index (χ3v) is 4.80. The fourth-order valence-electron chi connectivity index (χ4n) is 2.87. The average Bonchev–Trinajstić information content (AvgIpc) is 2.50. The minimum absolute atomic E-state index is 0.0342. The molecule has 1 aromatic carbocycles. The van der Waals surface area contributed by atoms with Crippen molar-refractivity contribution in [3.05, 3.63) is 33.8 Å². The molecule has 0 spiro atoms. The van der Waals surface area contributed by atoms with Crippen LogP contribution in [0.15, 0.2) is 18.2 Å². The van der Waals surface area contributed by atoms with Gasteiger partial charge in [0.2, 0.25) is 0 Å². The largest absolute Gasteiger partial charge is 0.453 e. The molecule has 1 amide bonds. The summed E-state index contributed by atoms with van der Waals surface area (Å²) in [5.74, 6) is 0. The van der Waals surface area contributed by atoms with E-state index in [0.717, 1.165) is 37.9 Å². The third kappa shape index (κ3) is 4.02. The van der Waals surface area contributed by atoms with E-state index in [1.165, 1.54) is 7.11 Å². The average molecular weight is 331 g/mol. The number of rotatable bonds is 4. The van der Waals surface area contributed by atoms with Gasteiger partial charge in [-0.15, -0.1) is 0 Å². The maximum atomic E-state index is 11.2. The second kappa shape index (κ2) is 7.34. The molecule has 0 aromatic heterocycles. The molecule has 1 heterocycles. The van der Waals surface area contributed by atoms with E-state index in [1.54, 1.807) is 0 Å². The highest BCUT2D eigenvalue weighted by Crippen LogP contribution is 2.37. The van der Waals surface area contributed by atoms with Crippen LogP contribution >= 0.6 is 23.2 Å². The van der Waals surface area contributed by atoms with E-state index < -0.39 is 6.09 Å². The molecular weight excluding hydrogens is 311 g/mol. The van der Waals surface area contributed by atoms with Crippen molar-refractivity contribution in [2.75, 3.05) is 26.7 Å². The van der Waals surface area contributed by atoms with E-state index in [1.807, 2.05) is 18.2 Å². The first-order chi connectivity index (χ1) is 10.1. The first-order valence-corrected chi connectivity index (χ1v) is 7.81. The van der Waals surface area contributed by atoms with Gasteiger partial charge in [-0.1, -0.05) is 29.3 Å². The molecule has 116 valence electrons. The van der Waals surface area contributed by atoms with Gasteiger partial charge in [0.15, 0.2) is 0 Å². The zero-order chi connectivity index (χ0) is 15.3. The Morgan fingerprint density at radius 2 is 2.24 bits per heavy atom. The first-order valence-electron chi connectivity index (χ1n) is 7.05. The maximum Gasteiger partial charge on any atom is 0.406 e. The summed E-state index contributed by atoms with van der Waals surface area (Å²) in [7, 11) is 1.37. The molecule has 1 fully saturated rings. The standard InChI is InChI=1S/C15H20Cl2N2O2/c1-21-14(20)19-8-6-15(5-2-7-18-10-15)11-3-4-12(16)13(17)9-11/h3-4,9,18H,2,5-8,10H2,1H3,(H,19,20). The number of hydrogen-bond donors (Lipinski definition) is 2. The van der Waals surface area contributed by atoms with Crippen LogP contribution in [0.5, 0.6) is 0 Å². The van der Waals surface area contributed by atoms with Crippen molar-refractivity contribution in [1.82, 2.24) is 10.6 Å². The van der Waals surface area contributed by atoms with E-state index >= 15 is 0 Å². The van der Waals surface area contributed by atoms with Crippen LogP contribution in [0.3, 0.4) is 0 Å². The molecular formula is C15H20Cl2N2O2. The van der Waals surface area contributed by atoms with E-state index in [4.69, 9.17) is 23.2 Å². The van der Waals surface area contributed by atoms with Crippen LogP contribution in [0.4, 0.5) is 4.79 Å². The Labute approximate surface area is 135 Å². The number of carbonyl (C=O) groups excluding carboxylic acids is 1. The van der Waals surface area contributed by atoms with E-state index in [-0.39, 0.29) is 5.41 Å². The molecule has 1 aromatic rings. The van der Waals surface area contributed by atoms with Crippen molar-refractivity contribution >= 4 is 29.3 Å². The summed E-state index contributed by atoms with van der Waals surface area (Å²) in [4.78, 5) is 11.2. The zero-order valence-corrected chi connectivity index (χ0v) is 13.6. The molecule has 0 saturated carbocycles. The molecule has 4 nitrogen and oxygen atoms in total. The Balaban J connectivity index is 2.15. The molecule has 1 aliphatic rings. The number of carbonyl (C=O) groups is 1. The monoisotopic (exact) mass is 330 g/mol. The maximum absolute atomic E-state index is 11.2. The van der Waals surface area contributed by atoms with Crippen molar-refractivity contribution in [2.24, 2.45) is 0 Å². The summed E-state index contributed by atoms with van der Waals surface area (Å²) in [5, 5.41) is 7.32. The van der Waals surface area contributed by atoms with Gasteiger partial charge in [0.05, 0.1) is 17.2 Å². The Morgan fingerprint density at radius 3 is 2.86 bits per heavy atom. The normalized spacial score (nSPS) is 21.9. The third-order valence-electron chi connectivity index (χ3n) is 4.06. The molecule has 1 unspecified atom stereocenters. The number of ether oxygens (including phenoxy) is 1. The number of nitrogens with one attached hydrogen (secondary N) is 2. The summed E-state index contributed by atoms with van der Waals surface area (Å²) in [6.45, 7) is 2.45. The Kier molecular flexibility index (Phi) is 5.73. The first kappa shape index (κ1) is 16.4. The van der Waals surface area contributed by atoms with Gasteiger partial charge in [0.1, 0.15) is 0 Å². The minimum atomic E-state index is -0.400. The predicted octanol–water partition coefficient (Wildman–Crippen LogP) is 3.36. The second-order valence-corrected chi connectivity index (χ2v) is 6.17. The van der Waals surface area contributed by atoms with Crippen LogP contribution in [0.2, 0.25) is 10.0 Å². The van der Waals surface area contributed by atoms with Gasteiger partial charge in [0.25, 0.3) is 0 Å². The molecule has 21 heavy (non-hydrogen) atoms. The van der Waals surface area contributed by atoms with E-state index in [2.05, 4.69) is 15.4 Å². The highest BCUT2D eigenvalue weighted by atomic mass is 35.5. The number of hydrogen-bond acceptors (Lipinski definition) is 3. The zero-order valence-electron chi connectivity index (χ0n) is 12.0. The summed E-state index contributed by atoms with van der Waals surface area (Å²) < 4.78 is 4.61.